The lowest BCUT2D eigenvalue weighted by atomic mass is 10.0. The van der Waals surface area contributed by atoms with Gasteiger partial charge in [-0.2, -0.15) is 0 Å². The molecule has 0 aliphatic carbocycles. The van der Waals surface area contributed by atoms with Crippen molar-refractivity contribution in [2.75, 3.05) is 24.6 Å². The summed E-state index contributed by atoms with van der Waals surface area (Å²) in [5, 5.41) is 0.805. The molecule has 0 amide bonds. The van der Waals surface area contributed by atoms with Gasteiger partial charge in [0.25, 0.3) is 0 Å². The van der Waals surface area contributed by atoms with Crippen LogP contribution < -0.4 is 9.64 Å². The molecule has 1 fully saturated rings. The predicted octanol–water partition coefficient (Wildman–Crippen LogP) is 3.40. The summed E-state index contributed by atoms with van der Waals surface area (Å²) in [5.74, 6) is 0.242. The monoisotopic (exact) mass is 284 g/mol. The summed E-state index contributed by atoms with van der Waals surface area (Å²) in [5.41, 5.74) is 0.824. The van der Waals surface area contributed by atoms with Gasteiger partial charge in [0.05, 0.1) is 17.2 Å². The number of anilines is 1. The number of nitrogens with zero attached hydrogens (tertiary/aromatic N) is 2. The van der Waals surface area contributed by atoms with Gasteiger partial charge >= 0.3 is 0 Å². The lowest BCUT2D eigenvalue weighted by molar-refractivity contribution is 0.0614. The number of alkyl halides is 2. The Morgan fingerprint density at radius 3 is 2.95 bits per heavy atom. The minimum absolute atomic E-state index is 0.390. The SMILES string of the molecule is CCOc1cccc2sc(N3CC(C(F)F)C3)nc12. The first-order valence-electron chi connectivity index (χ1n) is 6.24. The molecule has 19 heavy (non-hydrogen) atoms. The van der Waals surface area contributed by atoms with Crippen LogP contribution in [0.5, 0.6) is 5.75 Å². The highest BCUT2D eigenvalue weighted by Crippen LogP contribution is 2.37. The van der Waals surface area contributed by atoms with E-state index in [0.717, 1.165) is 21.1 Å². The van der Waals surface area contributed by atoms with Gasteiger partial charge in [0.2, 0.25) is 6.43 Å². The second kappa shape index (κ2) is 4.92. The average Bonchev–Trinajstić information content (AvgIpc) is 2.71. The number of fused-ring (bicyclic) bond motifs is 1. The molecule has 0 saturated carbocycles. The summed E-state index contributed by atoms with van der Waals surface area (Å²) < 4.78 is 31.5. The lowest BCUT2D eigenvalue weighted by Gasteiger charge is -2.38. The van der Waals surface area contributed by atoms with Crippen LogP contribution in [0.25, 0.3) is 10.2 Å². The lowest BCUT2D eigenvalue weighted by Crippen LogP contribution is -2.50. The van der Waals surface area contributed by atoms with Gasteiger partial charge in [-0.25, -0.2) is 13.8 Å². The molecule has 2 aromatic rings. The molecule has 1 aliphatic rings. The summed E-state index contributed by atoms with van der Waals surface area (Å²) in [6.45, 7) is 3.29. The van der Waals surface area contributed by atoms with Gasteiger partial charge in [-0.05, 0) is 19.1 Å². The normalized spacial score (nSPS) is 16.1. The van der Waals surface area contributed by atoms with E-state index in [4.69, 9.17) is 4.74 Å². The van der Waals surface area contributed by atoms with Gasteiger partial charge in [0.1, 0.15) is 11.3 Å². The van der Waals surface area contributed by atoms with E-state index in [-0.39, 0.29) is 0 Å². The largest absolute Gasteiger partial charge is 0.492 e. The zero-order valence-electron chi connectivity index (χ0n) is 10.5. The molecule has 1 aromatic carbocycles. The summed E-state index contributed by atoms with van der Waals surface area (Å²) in [4.78, 5) is 6.42. The third-order valence-electron chi connectivity index (χ3n) is 3.21. The second-order valence-electron chi connectivity index (χ2n) is 4.53. The molecule has 3 rings (SSSR count). The third-order valence-corrected chi connectivity index (χ3v) is 4.29. The average molecular weight is 284 g/mol. The maximum absolute atomic E-state index is 12.5. The highest BCUT2D eigenvalue weighted by Gasteiger charge is 2.35. The molecule has 102 valence electrons. The maximum Gasteiger partial charge on any atom is 0.244 e. The fraction of sp³-hybridized carbons (Fsp3) is 0.462. The first-order chi connectivity index (χ1) is 9.19. The van der Waals surface area contributed by atoms with Crippen molar-refractivity contribution in [1.82, 2.24) is 4.98 Å². The van der Waals surface area contributed by atoms with E-state index >= 15 is 0 Å². The van der Waals surface area contributed by atoms with Gasteiger partial charge in [-0.1, -0.05) is 17.4 Å². The van der Waals surface area contributed by atoms with Gasteiger partial charge < -0.3 is 9.64 Å². The number of halogens is 2. The molecule has 1 saturated heterocycles. The maximum atomic E-state index is 12.5. The van der Waals surface area contributed by atoms with Crippen LogP contribution in [0, 0.1) is 5.92 Å². The van der Waals surface area contributed by atoms with Crippen molar-refractivity contribution in [3.8, 4) is 5.75 Å². The van der Waals surface area contributed by atoms with Crippen molar-refractivity contribution in [2.24, 2.45) is 5.92 Å². The number of thiazole rings is 1. The molecule has 1 aliphatic heterocycles. The standard InChI is InChI=1S/C13H14F2N2OS/c1-2-18-9-4-3-5-10-11(9)16-13(19-10)17-6-8(7-17)12(14)15/h3-5,8,12H,2,6-7H2,1H3. The third kappa shape index (κ3) is 2.25. The molecule has 0 radical (unpaired) electrons. The van der Waals surface area contributed by atoms with Crippen LogP contribution in [0.4, 0.5) is 13.9 Å². The van der Waals surface area contributed by atoms with Crippen molar-refractivity contribution in [3.05, 3.63) is 18.2 Å². The van der Waals surface area contributed by atoms with Crippen LogP contribution in [0.3, 0.4) is 0 Å². The van der Waals surface area contributed by atoms with Crippen molar-refractivity contribution in [3.63, 3.8) is 0 Å². The number of ether oxygens (including phenoxy) is 1. The Morgan fingerprint density at radius 1 is 1.47 bits per heavy atom. The van der Waals surface area contributed by atoms with Crippen LogP contribution in [0.1, 0.15) is 6.92 Å². The minimum atomic E-state index is -2.23. The quantitative estimate of drug-likeness (QED) is 0.860. The first-order valence-corrected chi connectivity index (χ1v) is 7.06. The van der Waals surface area contributed by atoms with E-state index in [1.54, 1.807) is 0 Å². The minimum Gasteiger partial charge on any atom is -0.492 e. The molecular formula is C13H14F2N2OS. The van der Waals surface area contributed by atoms with E-state index in [2.05, 4.69) is 4.98 Å². The van der Waals surface area contributed by atoms with E-state index in [0.29, 0.717) is 19.7 Å². The fourth-order valence-corrected chi connectivity index (χ4v) is 3.15. The van der Waals surface area contributed by atoms with Crippen LogP contribution in [0.15, 0.2) is 18.2 Å². The van der Waals surface area contributed by atoms with Crippen LogP contribution >= 0.6 is 11.3 Å². The van der Waals surface area contributed by atoms with Crippen LogP contribution in [-0.2, 0) is 0 Å². The van der Waals surface area contributed by atoms with E-state index in [1.165, 1.54) is 11.3 Å². The number of rotatable bonds is 4. The summed E-state index contributed by atoms with van der Waals surface area (Å²) >= 11 is 1.52. The topological polar surface area (TPSA) is 25.4 Å². The Labute approximate surface area is 113 Å². The number of benzene rings is 1. The van der Waals surface area contributed by atoms with Gasteiger partial charge in [0, 0.05) is 13.1 Å². The Kier molecular flexibility index (Phi) is 3.26. The molecule has 6 heteroatoms. The molecule has 2 heterocycles. The highest BCUT2D eigenvalue weighted by atomic mass is 32.1. The number of aromatic nitrogens is 1. The number of hydrogen-bond acceptors (Lipinski definition) is 4. The molecule has 0 spiro atoms. The predicted molar refractivity (Wildman–Crippen MR) is 72.5 cm³/mol. The van der Waals surface area contributed by atoms with Crippen LogP contribution in [0.2, 0.25) is 0 Å². The van der Waals surface area contributed by atoms with E-state index in [1.807, 2.05) is 30.0 Å². The van der Waals surface area contributed by atoms with Crippen molar-refractivity contribution in [2.45, 2.75) is 13.3 Å². The number of para-hydroxylation sites is 1. The smallest absolute Gasteiger partial charge is 0.244 e. The zero-order chi connectivity index (χ0) is 13.4. The fourth-order valence-electron chi connectivity index (χ4n) is 2.15. The second-order valence-corrected chi connectivity index (χ2v) is 5.54. The van der Waals surface area contributed by atoms with Gasteiger partial charge in [-0.3, -0.25) is 0 Å². The number of hydrogen-bond donors (Lipinski definition) is 0. The molecule has 0 bridgehead atoms. The summed E-state index contributed by atoms with van der Waals surface area (Å²) in [7, 11) is 0. The molecular weight excluding hydrogens is 270 g/mol. The van der Waals surface area contributed by atoms with Crippen LogP contribution in [-0.4, -0.2) is 31.1 Å². The van der Waals surface area contributed by atoms with Crippen molar-refractivity contribution >= 4 is 26.7 Å². The summed E-state index contributed by atoms with van der Waals surface area (Å²) in [6, 6.07) is 5.78. The molecule has 0 unspecified atom stereocenters. The van der Waals surface area contributed by atoms with Gasteiger partial charge in [0.15, 0.2) is 5.13 Å². The van der Waals surface area contributed by atoms with Crippen molar-refractivity contribution in [1.29, 1.82) is 0 Å². The van der Waals surface area contributed by atoms with E-state index in [9.17, 15) is 8.78 Å². The molecule has 0 N–H and O–H groups in total. The highest BCUT2D eigenvalue weighted by molar-refractivity contribution is 7.22. The molecule has 1 aromatic heterocycles. The van der Waals surface area contributed by atoms with E-state index < -0.39 is 12.3 Å². The Balaban J connectivity index is 1.84. The Bertz CT molecular complexity index is 581. The Hall–Kier alpha value is -1.43. The summed E-state index contributed by atoms with van der Waals surface area (Å²) in [6.07, 6.45) is -2.23. The van der Waals surface area contributed by atoms with Crippen molar-refractivity contribution < 1.29 is 13.5 Å². The molecule has 0 atom stereocenters. The van der Waals surface area contributed by atoms with Gasteiger partial charge in [-0.15, -0.1) is 0 Å². The first kappa shape index (κ1) is 12.6. The zero-order valence-corrected chi connectivity index (χ0v) is 11.3. The Morgan fingerprint density at radius 2 is 2.26 bits per heavy atom. The molecule has 3 nitrogen and oxygen atoms in total.